The lowest BCUT2D eigenvalue weighted by Gasteiger charge is -2.63. The number of hydrogen-bond acceptors (Lipinski definition) is 6. The summed E-state index contributed by atoms with van der Waals surface area (Å²) in [7, 11) is 0. The molecule has 0 bridgehead atoms. The lowest BCUT2D eigenvalue weighted by atomic mass is 9.43. The van der Waals surface area contributed by atoms with E-state index in [9.17, 15) is 30.0 Å². The van der Waals surface area contributed by atoms with Crippen molar-refractivity contribution < 1.29 is 34.8 Å². The molecule has 0 radical (unpaired) electrons. The highest BCUT2D eigenvalue weighted by Gasteiger charge is 2.65. The maximum absolute atomic E-state index is 12.3. The van der Waals surface area contributed by atoms with Crippen molar-refractivity contribution in [2.24, 2.45) is 46.3 Å². The van der Waals surface area contributed by atoms with Gasteiger partial charge < -0.3 is 30.5 Å². The van der Waals surface area contributed by atoms with Crippen LogP contribution in [0.2, 0.25) is 0 Å². The predicted molar refractivity (Wildman–Crippen MR) is 159 cm³/mol. The van der Waals surface area contributed by atoms with Gasteiger partial charge >= 0.3 is 5.97 Å². The molecular weight excluding hydrogens is 534 g/mol. The monoisotopic (exact) mass is 585 g/mol. The zero-order chi connectivity index (χ0) is 30.2. The lowest BCUT2D eigenvalue weighted by molar-refractivity contribution is -0.209. The first-order valence-corrected chi connectivity index (χ1v) is 16.2. The van der Waals surface area contributed by atoms with E-state index in [4.69, 9.17) is 4.74 Å². The fraction of sp³-hybridized carbons (Fsp3) is 0.765. The average molecular weight is 586 g/mol. The first-order chi connectivity index (χ1) is 19.9. The van der Waals surface area contributed by atoms with Crippen LogP contribution in [0.25, 0.3) is 0 Å². The number of carbonyl (C=O) groups is 2. The van der Waals surface area contributed by atoms with Crippen LogP contribution in [-0.2, 0) is 20.7 Å². The molecule has 42 heavy (non-hydrogen) atoms. The number of fused-ring (bicyclic) bond motifs is 5. The van der Waals surface area contributed by atoms with E-state index < -0.39 is 18.2 Å². The normalized spacial score (nSPS) is 39.9. The highest BCUT2D eigenvalue weighted by atomic mass is 16.5. The summed E-state index contributed by atoms with van der Waals surface area (Å²) < 4.78 is 6.23. The fourth-order valence-electron chi connectivity index (χ4n) is 10.1. The third kappa shape index (κ3) is 5.96. The Morgan fingerprint density at radius 3 is 2.50 bits per heavy atom. The zero-order valence-corrected chi connectivity index (χ0v) is 25.5. The predicted octanol–water partition coefficient (Wildman–Crippen LogP) is 4.54. The number of aliphatic carboxylic acids is 1. The van der Waals surface area contributed by atoms with Gasteiger partial charge in [0, 0.05) is 13.0 Å². The van der Waals surface area contributed by atoms with Crippen LogP contribution in [-0.4, -0.2) is 63.8 Å². The number of rotatable bonds is 10. The molecule has 11 atom stereocenters. The van der Waals surface area contributed by atoms with Crippen LogP contribution in [0.5, 0.6) is 5.75 Å². The maximum atomic E-state index is 12.3. The summed E-state index contributed by atoms with van der Waals surface area (Å²) in [6.45, 7) is 7.66. The molecule has 5 N–H and O–H groups in total. The molecule has 8 heteroatoms. The van der Waals surface area contributed by atoms with Gasteiger partial charge in [0.05, 0.1) is 31.3 Å². The minimum atomic E-state index is -0.762. The van der Waals surface area contributed by atoms with Gasteiger partial charge in [0.2, 0.25) is 5.91 Å². The summed E-state index contributed by atoms with van der Waals surface area (Å²) in [5.74, 6) is 0.901. The maximum Gasteiger partial charge on any atom is 0.303 e. The molecule has 0 heterocycles. The van der Waals surface area contributed by atoms with Gasteiger partial charge in [-0.25, -0.2) is 0 Å². The first kappa shape index (κ1) is 31.3. The van der Waals surface area contributed by atoms with Crippen LogP contribution < -0.4 is 5.32 Å². The zero-order valence-electron chi connectivity index (χ0n) is 25.5. The number of phenols is 1. The Morgan fingerprint density at radius 2 is 1.79 bits per heavy atom. The lowest BCUT2D eigenvalue weighted by Crippen LogP contribution is -2.62. The summed E-state index contributed by atoms with van der Waals surface area (Å²) in [5, 5.41) is 44.9. The van der Waals surface area contributed by atoms with Crippen LogP contribution in [0.15, 0.2) is 24.3 Å². The van der Waals surface area contributed by atoms with Gasteiger partial charge in [-0.05, 0) is 115 Å². The Balaban J connectivity index is 1.16. The van der Waals surface area contributed by atoms with Crippen LogP contribution >= 0.6 is 0 Å². The number of ether oxygens (including phenoxy) is 1. The Kier molecular flexibility index (Phi) is 9.27. The second kappa shape index (κ2) is 12.4. The third-order valence-corrected chi connectivity index (χ3v) is 12.4. The number of phenolic OH excluding ortho intramolecular Hbond substituents is 1. The summed E-state index contributed by atoms with van der Waals surface area (Å²) in [6.07, 6.45) is 6.66. The SMILES string of the molecule is CC(CCC(=O)O)C1CCC2C3C(O)CC4CC(OCCNC(=O)Cc5ccc(O)cc5)CCC4(C)C3CC(O)C12C. The van der Waals surface area contributed by atoms with E-state index in [0.717, 1.165) is 44.1 Å². The minimum absolute atomic E-state index is 0.0530. The van der Waals surface area contributed by atoms with E-state index in [2.05, 4.69) is 26.1 Å². The minimum Gasteiger partial charge on any atom is -0.508 e. The van der Waals surface area contributed by atoms with E-state index in [1.807, 2.05) is 0 Å². The van der Waals surface area contributed by atoms with E-state index in [-0.39, 0.29) is 71.0 Å². The van der Waals surface area contributed by atoms with Gasteiger partial charge in [0.25, 0.3) is 0 Å². The van der Waals surface area contributed by atoms with Crippen molar-refractivity contribution in [1.82, 2.24) is 5.32 Å². The molecule has 0 aliphatic heterocycles. The van der Waals surface area contributed by atoms with Crippen LogP contribution in [0.3, 0.4) is 0 Å². The van der Waals surface area contributed by atoms with Crippen molar-refractivity contribution in [3.63, 3.8) is 0 Å². The summed E-state index contributed by atoms with van der Waals surface area (Å²) >= 11 is 0. The molecule has 4 aliphatic carbocycles. The van der Waals surface area contributed by atoms with Gasteiger partial charge in [-0.2, -0.15) is 0 Å². The summed E-state index contributed by atoms with van der Waals surface area (Å²) in [4.78, 5) is 23.5. The first-order valence-electron chi connectivity index (χ1n) is 16.2. The number of hydrogen-bond donors (Lipinski definition) is 5. The molecule has 234 valence electrons. The van der Waals surface area contributed by atoms with Crippen LogP contribution in [0.4, 0.5) is 0 Å². The van der Waals surface area contributed by atoms with E-state index in [1.165, 1.54) is 0 Å². The third-order valence-electron chi connectivity index (χ3n) is 12.4. The molecular formula is C34H51NO7. The standard InChI is InChI=1S/C34H51NO7/c1-20(4-11-31(40)41)25-9-10-26-32-27(19-29(38)34(25,26)3)33(2)13-12-24(17-22(33)18-28(32)37)42-15-14-35-30(39)16-21-5-7-23(36)8-6-21/h5-8,20,22,24-29,32,36-38H,4,9-19H2,1-3H3,(H,35,39)(H,40,41). The molecule has 0 spiro atoms. The second-order valence-electron chi connectivity index (χ2n) is 14.5. The number of nitrogens with one attached hydrogen (secondary N) is 1. The highest BCUT2D eigenvalue weighted by Crippen LogP contribution is 2.68. The number of aliphatic hydroxyl groups excluding tert-OH is 2. The Labute approximate surface area is 250 Å². The van der Waals surface area contributed by atoms with Gasteiger partial charge in [-0.3, -0.25) is 9.59 Å². The molecule has 8 nitrogen and oxygen atoms in total. The molecule has 4 saturated carbocycles. The van der Waals surface area contributed by atoms with E-state index in [1.54, 1.807) is 24.3 Å². The molecule has 0 aromatic heterocycles. The van der Waals surface area contributed by atoms with Gasteiger partial charge in [0.15, 0.2) is 0 Å². The van der Waals surface area contributed by atoms with Crippen LogP contribution in [0, 0.1) is 46.3 Å². The average Bonchev–Trinajstić information content (AvgIpc) is 3.30. The molecule has 1 aromatic rings. The van der Waals surface area contributed by atoms with Crippen molar-refractivity contribution in [2.45, 2.75) is 103 Å². The number of benzene rings is 1. The summed E-state index contributed by atoms with van der Waals surface area (Å²) in [5.41, 5.74) is 0.620. The van der Waals surface area contributed by atoms with Crippen LogP contribution in [0.1, 0.15) is 84.1 Å². The Bertz CT molecular complexity index is 1110. The Morgan fingerprint density at radius 1 is 1.05 bits per heavy atom. The number of amides is 1. The molecule has 5 rings (SSSR count). The van der Waals surface area contributed by atoms with E-state index >= 15 is 0 Å². The number of aliphatic hydroxyl groups is 2. The fourth-order valence-corrected chi connectivity index (χ4v) is 10.1. The molecule has 4 fully saturated rings. The Hall–Kier alpha value is -2.16. The number of carboxylic acids is 1. The van der Waals surface area contributed by atoms with Crippen molar-refractivity contribution in [3.05, 3.63) is 29.8 Å². The number of carbonyl (C=O) groups excluding carboxylic acids is 1. The van der Waals surface area contributed by atoms with Crippen molar-refractivity contribution in [1.29, 1.82) is 0 Å². The second-order valence-corrected chi connectivity index (χ2v) is 14.5. The molecule has 11 unspecified atom stereocenters. The highest BCUT2D eigenvalue weighted by molar-refractivity contribution is 5.78. The molecule has 1 amide bonds. The van der Waals surface area contributed by atoms with Crippen molar-refractivity contribution in [2.75, 3.05) is 13.2 Å². The largest absolute Gasteiger partial charge is 0.508 e. The van der Waals surface area contributed by atoms with Gasteiger partial charge in [-0.15, -0.1) is 0 Å². The summed E-state index contributed by atoms with van der Waals surface area (Å²) in [6, 6.07) is 6.65. The van der Waals surface area contributed by atoms with Crippen molar-refractivity contribution >= 4 is 11.9 Å². The smallest absolute Gasteiger partial charge is 0.303 e. The van der Waals surface area contributed by atoms with Gasteiger partial charge in [-0.1, -0.05) is 32.9 Å². The number of aromatic hydroxyl groups is 1. The quantitative estimate of drug-likeness (QED) is 0.254. The topological polar surface area (TPSA) is 136 Å². The van der Waals surface area contributed by atoms with E-state index in [0.29, 0.717) is 31.9 Å². The molecule has 4 aliphatic rings. The van der Waals surface area contributed by atoms with Gasteiger partial charge in [0.1, 0.15) is 5.75 Å². The van der Waals surface area contributed by atoms with Crippen molar-refractivity contribution in [3.8, 4) is 5.75 Å². The number of carboxylic acid groups (broad SMARTS) is 1. The molecule has 0 saturated heterocycles. The molecule has 1 aromatic carbocycles.